The van der Waals surface area contributed by atoms with Gasteiger partial charge in [0.2, 0.25) is 0 Å². The monoisotopic (exact) mass is 952 g/mol. The van der Waals surface area contributed by atoms with Crippen LogP contribution in [0.5, 0.6) is 0 Å². The second kappa shape index (κ2) is 22.2. The second-order valence-electron chi connectivity index (χ2n) is 16.9. The van der Waals surface area contributed by atoms with Crippen LogP contribution in [0.2, 0.25) is 0 Å². The Morgan fingerprint density at radius 2 is 0.764 bits per heavy atom. The SMILES string of the molecule is C=CC.CC.CC.CS.c1ccc(-c2cccc(-c3cccc(-c4cccc(-c5ccc6c(c5)c5ccccc5n6-c5cccc6c7ccccc7n(-c7ccc8oc9ccccc9c8c7)c56)c4)c3)c2)cc1. The Kier molecular flexibility index (Phi) is 15.0. The number of furan rings is 1. The molecule has 354 valence electrons. The number of hydrogen-bond donors (Lipinski definition) is 1. The van der Waals surface area contributed by atoms with E-state index in [-0.39, 0.29) is 0 Å². The van der Waals surface area contributed by atoms with Gasteiger partial charge in [0.05, 0.1) is 27.8 Å². The Balaban J connectivity index is 0.000000672. The van der Waals surface area contributed by atoms with Gasteiger partial charge in [-0.3, -0.25) is 0 Å². The molecule has 72 heavy (non-hydrogen) atoms. The van der Waals surface area contributed by atoms with Crippen molar-refractivity contribution in [3.8, 4) is 55.9 Å². The molecule has 0 aliphatic heterocycles. The van der Waals surface area contributed by atoms with Crippen LogP contribution in [0.4, 0.5) is 0 Å². The topological polar surface area (TPSA) is 23.0 Å². The smallest absolute Gasteiger partial charge is 0.135 e. The van der Waals surface area contributed by atoms with Crippen LogP contribution in [0.15, 0.2) is 248 Å². The number of allylic oxidation sites excluding steroid dienone is 1. The first-order chi connectivity index (χ1) is 35.6. The maximum absolute atomic E-state index is 6.27. The number of para-hydroxylation sites is 4. The molecule has 0 saturated carbocycles. The lowest BCUT2D eigenvalue weighted by Gasteiger charge is -2.14. The number of benzene rings is 10. The van der Waals surface area contributed by atoms with Crippen molar-refractivity contribution in [2.75, 3.05) is 6.26 Å². The zero-order valence-corrected chi connectivity index (χ0v) is 42.9. The van der Waals surface area contributed by atoms with Crippen LogP contribution in [-0.2, 0) is 0 Å². The summed E-state index contributed by atoms with van der Waals surface area (Å²) >= 11 is 3.53. The van der Waals surface area contributed by atoms with Gasteiger partial charge in [0, 0.05) is 38.0 Å². The predicted octanol–water partition coefficient (Wildman–Crippen LogP) is 20.2. The number of fused-ring (bicyclic) bond motifs is 9. The molecule has 0 fully saturated rings. The van der Waals surface area contributed by atoms with Crippen molar-refractivity contribution in [2.24, 2.45) is 0 Å². The number of aromatic nitrogens is 2. The summed E-state index contributed by atoms with van der Waals surface area (Å²) in [7, 11) is 0. The van der Waals surface area contributed by atoms with Crippen molar-refractivity contribution in [3.05, 3.63) is 243 Å². The minimum Gasteiger partial charge on any atom is -0.456 e. The lowest BCUT2D eigenvalue weighted by Crippen LogP contribution is -2.00. The third-order valence-electron chi connectivity index (χ3n) is 12.9. The van der Waals surface area contributed by atoms with Crippen molar-refractivity contribution in [2.45, 2.75) is 34.6 Å². The summed E-state index contributed by atoms with van der Waals surface area (Å²) in [5, 5.41) is 7.12. The normalized spacial score (nSPS) is 10.8. The summed E-state index contributed by atoms with van der Waals surface area (Å²) in [4.78, 5) is 0. The van der Waals surface area contributed by atoms with Crippen LogP contribution in [-0.4, -0.2) is 15.4 Å². The summed E-state index contributed by atoms with van der Waals surface area (Å²) < 4.78 is 11.2. The number of rotatable bonds is 6. The molecule has 0 spiro atoms. The zero-order valence-electron chi connectivity index (χ0n) is 42.0. The van der Waals surface area contributed by atoms with Crippen molar-refractivity contribution < 1.29 is 4.42 Å². The van der Waals surface area contributed by atoms with E-state index in [4.69, 9.17) is 4.42 Å². The largest absolute Gasteiger partial charge is 0.456 e. The number of thiol groups is 1. The van der Waals surface area contributed by atoms with Gasteiger partial charge in [0.15, 0.2) is 0 Å². The summed E-state index contributed by atoms with van der Waals surface area (Å²) in [5.74, 6) is 0. The standard InChI is InChI=1S/C60H38N2O.C3H6.2C2H6.CH4S/c1-2-14-39(15-3-1)40-16-10-17-41(34-40)42-18-11-19-43(35-42)44-20-12-21-45(36-44)46-30-32-56-52(37-46)49-23-5-8-27-55(49)62(56)57-28-13-25-51-48-22-4-7-26-54(48)61(60(51)57)47-31-33-59-53(38-47)50-24-6-9-29-58(50)63-59;1-3-2;3*1-2/h1-38H;3H,1H2,2H3;2*1-2H3;2H,1H3. The molecule has 0 aliphatic rings. The van der Waals surface area contributed by atoms with Gasteiger partial charge in [-0.05, 0) is 130 Å². The fraction of sp³-hybridized carbons (Fsp3) is 0.0882. The molecule has 0 atom stereocenters. The van der Waals surface area contributed by atoms with Crippen LogP contribution in [0.3, 0.4) is 0 Å². The maximum atomic E-state index is 6.27. The summed E-state index contributed by atoms with van der Waals surface area (Å²) in [6.07, 6.45) is 3.44. The molecule has 0 radical (unpaired) electrons. The van der Waals surface area contributed by atoms with E-state index in [1.165, 1.54) is 88.1 Å². The van der Waals surface area contributed by atoms with E-state index < -0.39 is 0 Å². The van der Waals surface area contributed by atoms with Gasteiger partial charge in [-0.2, -0.15) is 12.6 Å². The molecule has 3 heterocycles. The molecule has 0 bridgehead atoms. The third-order valence-corrected chi connectivity index (χ3v) is 12.9. The van der Waals surface area contributed by atoms with Crippen molar-refractivity contribution in [1.29, 1.82) is 0 Å². The molecule has 0 aliphatic carbocycles. The predicted molar refractivity (Wildman–Crippen MR) is 318 cm³/mol. The highest BCUT2D eigenvalue weighted by molar-refractivity contribution is 7.79. The van der Waals surface area contributed by atoms with E-state index in [0.29, 0.717) is 0 Å². The molecule has 13 rings (SSSR count). The molecule has 0 unspecified atom stereocenters. The molecule has 13 aromatic rings. The maximum Gasteiger partial charge on any atom is 0.135 e. The average Bonchev–Trinajstić information content (AvgIpc) is 4.13. The quantitative estimate of drug-likeness (QED) is 0.130. The average molecular weight is 953 g/mol. The van der Waals surface area contributed by atoms with Crippen LogP contribution in [0.25, 0.3) is 121 Å². The van der Waals surface area contributed by atoms with Gasteiger partial charge < -0.3 is 13.6 Å². The van der Waals surface area contributed by atoms with Gasteiger partial charge in [0.1, 0.15) is 11.2 Å². The summed E-state index contributed by atoms with van der Waals surface area (Å²) in [6.45, 7) is 13.2. The Bertz CT molecular complexity index is 3980. The van der Waals surface area contributed by atoms with Crippen molar-refractivity contribution >= 4 is 78.2 Å². The van der Waals surface area contributed by atoms with Gasteiger partial charge >= 0.3 is 0 Å². The van der Waals surface area contributed by atoms with Crippen molar-refractivity contribution in [1.82, 2.24) is 9.13 Å². The first-order valence-corrected chi connectivity index (χ1v) is 25.9. The first kappa shape index (κ1) is 48.7. The Labute approximate surface area is 429 Å². The Hall–Kier alpha value is -8.31. The fourth-order valence-corrected chi connectivity index (χ4v) is 9.98. The van der Waals surface area contributed by atoms with E-state index in [2.05, 4.69) is 247 Å². The van der Waals surface area contributed by atoms with E-state index in [9.17, 15) is 0 Å². The lowest BCUT2D eigenvalue weighted by atomic mass is 9.94. The van der Waals surface area contributed by atoms with E-state index >= 15 is 0 Å². The Morgan fingerprint density at radius 3 is 1.36 bits per heavy atom. The molecule has 4 heteroatoms. The van der Waals surface area contributed by atoms with Gasteiger partial charge in [0.25, 0.3) is 0 Å². The van der Waals surface area contributed by atoms with E-state index in [1.807, 2.05) is 46.8 Å². The highest BCUT2D eigenvalue weighted by Gasteiger charge is 2.21. The molecule has 0 saturated heterocycles. The van der Waals surface area contributed by atoms with Gasteiger partial charge in [-0.25, -0.2) is 0 Å². The zero-order chi connectivity index (χ0) is 50.1. The van der Waals surface area contributed by atoms with Crippen LogP contribution in [0, 0.1) is 0 Å². The second-order valence-corrected chi connectivity index (χ2v) is 16.9. The molecule has 10 aromatic carbocycles. The minimum absolute atomic E-state index is 0.892. The summed E-state index contributed by atoms with van der Waals surface area (Å²) in [5.41, 5.74) is 18.3. The first-order valence-electron chi connectivity index (χ1n) is 25.0. The minimum atomic E-state index is 0.892. The summed E-state index contributed by atoms with van der Waals surface area (Å²) in [6, 6.07) is 83.5. The van der Waals surface area contributed by atoms with Crippen LogP contribution in [0.1, 0.15) is 34.6 Å². The van der Waals surface area contributed by atoms with Crippen molar-refractivity contribution in [3.63, 3.8) is 0 Å². The molecular weight excluding hydrogens is 893 g/mol. The highest BCUT2D eigenvalue weighted by atomic mass is 32.1. The molecule has 3 nitrogen and oxygen atoms in total. The Morgan fingerprint density at radius 1 is 0.347 bits per heavy atom. The molecule has 3 aromatic heterocycles. The van der Waals surface area contributed by atoms with Gasteiger partial charge in [-0.15, -0.1) is 6.58 Å². The third kappa shape index (κ3) is 9.02. The number of nitrogens with zero attached hydrogens (tertiary/aromatic N) is 2. The fourth-order valence-electron chi connectivity index (χ4n) is 9.98. The van der Waals surface area contributed by atoms with E-state index in [1.54, 1.807) is 12.3 Å². The number of hydrogen-bond acceptors (Lipinski definition) is 2. The molecule has 0 amide bonds. The van der Waals surface area contributed by atoms with Crippen LogP contribution >= 0.6 is 12.6 Å². The van der Waals surface area contributed by atoms with Gasteiger partial charge in [-0.1, -0.05) is 191 Å². The van der Waals surface area contributed by atoms with E-state index in [0.717, 1.165) is 33.3 Å². The molecule has 0 N–H and O–H groups in total. The molecular formula is C68H60N2OS. The highest BCUT2D eigenvalue weighted by Crippen LogP contribution is 2.42. The lowest BCUT2D eigenvalue weighted by molar-refractivity contribution is 0.669. The van der Waals surface area contributed by atoms with Crippen LogP contribution < -0.4 is 0 Å².